The molecule has 4 fully saturated rings. The van der Waals surface area contributed by atoms with Crippen molar-refractivity contribution in [1.29, 1.82) is 0 Å². The van der Waals surface area contributed by atoms with Crippen LogP contribution in [0, 0.1) is 10.8 Å². The van der Waals surface area contributed by atoms with Crippen molar-refractivity contribution in [1.82, 2.24) is 28.2 Å². The minimum Gasteiger partial charge on any atom is -0.486 e. The third-order valence-corrected chi connectivity index (χ3v) is 19.2. The topological polar surface area (TPSA) is 219 Å². The van der Waals surface area contributed by atoms with Crippen LogP contribution in [0.2, 0.25) is 10.0 Å². The molecule has 2 aliphatic heterocycles. The highest BCUT2D eigenvalue weighted by Gasteiger charge is 2.40. The Morgan fingerprint density at radius 3 is 1.36 bits per heavy atom. The zero-order valence-electron chi connectivity index (χ0n) is 45.9. The van der Waals surface area contributed by atoms with Crippen LogP contribution in [0.1, 0.15) is 64.5 Å². The van der Waals surface area contributed by atoms with Crippen LogP contribution in [0.25, 0.3) is 11.4 Å². The van der Waals surface area contributed by atoms with Crippen molar-refractivity contribution in [3.05, 3.63) is 151 Å². The summed E-state index contributed by atoms with van der Waals surface area (Å²) in [4.78, 5) is 55.4. The second kappa shape index (κ2) is 24.3. The van der Waals surface area contributed by atoms with Gasteiger partial charge < -0.3 is 29.5 Å². The highest BCUT2D eigenvalue weighted by atomic mass is 35.5. The van der Waals surface area contributed by atoms with Crippen LogP contribution in [0.15, 0.2) is 119 Å². The molecule has 4 aliphatic rings. The predicted molar refractivity (Wildman–Crippen MR) is 314 cm³/mol. The Hall–Kier alpha value is -6.82. The SMILES string of the molecule is CC(=O)N(C)c1ccc(CS(=O)(=O)N2CCN(c3cnn(-c4cccc(Cl)c4)c(=O)c3OCC3(C)CC3)CC2)cc1.CC(=O)Nc1ccc(CS(=O)(=O)N2CCN(c3cnn(-c4cccc(Cl)c4)c(=O)c3OCC3(C)CC3)CC2)cc1. The van der Waals surface area contributed by atoms with Crippen LogP contribution in [0.3, 0.4) is 0 Å². The van der Waals surface area contributed by atoms with Crippen LogP contribution in [0.4, 0.5) is 22.7 Å². The number of ether oxygens (including phenoxy) is 2. The van der Waals surface area contributed by atoms with Gasteiger partial charge in [-0.1, -0.05) is 73.4 Å². The highest BCUT2D eigenvalue weighted by Crippen LogP contribution is 2.46. The average Bonchev–Trinajstić information content (AvgIpc) is 4.39. The standard InChI is InChI=1S/C29H34ClN5O5S.C28H32ClN5O5S/c1-21(36)32(3)24-9-7-22(8-10-24)19-41(38,39)34-15-13-33(14-16-34)26-18-31-35(25-6-4-5-23(30)17-25)28(37)27(26)40-20-29(2)11-12-29;1-20(35)31-23-8-6-21(7-9-23)18-40(37,38)33-14-12-32(13-15-33)25-17-30-34(24-5-3-4-22(29)16-24)27(36)26(25)39-19-28(2)10-11-28/h4-10,17-18H,11-16,19-20H2,1-3H3;3-9,16-17H,10-15,18-19H2,1-2H3,(H,31,35). The molecule has 2 aliphatic carbocycles. The molecule has 20 nitrogen and oxygen atoms in total. The molecular formula is C57H66Cl2N10O10S2. The van der Waals surface area contributed by atoms with Gasteiger partial charge in [0.15, 0.2) is 0 Å². The minimum atomic E-state index is -3.58. The maximum absolute atomic E-state index is 13.6. The summed E-state index contributed by atoms with van der Waals surface area (Å²) in [6, 6.07) is 27.5. The fraction of sp³-hybridized carbons (Fsp3) is 0.404. The first-order chi connectivity index (χ1) is 38.5. The second-order valence-corrected chi connectivity index (χ2v) is 26.5. The number of carbonyl (C=O) groups excluding carboxylic acids is 2. The summed E-state index contributed by atoms with van der Waals surface area (Å²) in [6.45, 7) is 10.6. The summed E-state index contributed by atoms with van der Waals surface area (Å²) in [5.41, 5.74) is 4.11. The Bertz CT molecular complexity index is 3640. The van der Waals surface area contributed by atoms with Gasteiger partial charge in [0, 0.05) is 106 Å². The van der Waals surface area contributed by atoms with E-state index in [0.717, 1.165) is 25.7 Å². The molecule has 4 heterocycles. The minimum absolute atomic E-state index is 0.0559. The third-order valence-electron chi connectivity index (χ3n) is 15.0. The van der Waals surface area contributed by atoms with E-state index in [2.05, 4.69) is 29.4 Å². The van der Waals surface area contributed by atoms with Gasteiger partial charge in [0.1, 0.15) is 11.4 Å². The largest absolute Gasteiger partial charge is 0.486 e. The number of piperazine rings is 2. The van der Waals surface area contributed by atoms with E-state index in [1.165, 1.54) is 36.7 Å². The third kappa shape index (κ3) is 14.6. The van der Waals surface area contributed by atoms with Gasteiger partial charge in [0.2, 0.25) is 43.4 Å². The summed E-state index contributed by atoms with van der Waals surface area (Å²) in [7, 11) is -5.48. The zero-order chi connectivity index (χ0) is 57.9. The van der Waals surface area contributed by atoms with Gasteiger partial charge >= 0.3 is 11.1 Å². The van der Waals surface area contributed by atoms with Crippen molar-refractivity contribution in [2.24, 2.45) is 10.8 Å². The number of anilines is 4. The van der Waals surface area contributed by atoms with E-state index in [1.54, 1.807) is 117 Å². The van der Waals surface area contributed by atoms with Crippen molar-refractivity contribution in [3.63, 3.8) is 0 Å². The molecule has 0 spiro atoms. The van der Waals surface area contributed by atoms with Gasteiger partial charge in [0.05, 0.1) is 48.5 Å². The number of hydrogen-bond donors (Lipinski definition) is 1. The first-order valence-electron chi connectivity index (χ1n) is 26.7. The number of amides is 2. The second-order valence-electron chi connectivity index (χ2n) is 21.7. The lowest BCUT2D eigenvalue weighted by Gasteiger charge is -2.35. The number of nitrogens with zero attached hydrogens (tertiary/aromatic N) is 9. The lowest BCUT2D eigenvalue weighted by Crippen LogP contribution is -2.49. The van der Waals surface area contributed by atoms with Gasteiger partial charge in [-0.25, -0.2) is 16.8 Å². The van der Waals surface area contributed by atoms with Crippen LogP contribution < -0.4 is 40.6 Å². The Balaban J connectivity index is 0.000000196. The Morgan fingerprint density at radius 2 is 1.00 bits per heavy atom. The molecule has 2 amide bonds. The monoisotopic (exact) mass is 1180 g/mol. The molecular weight excluding hydrogens is 1120 g/mol. The van der Waals surface area contributed by atoms with Crippen molar-refractivity contribution in [2.45, 2.75) is 64.9 Å². The van der Waals surface area contributed by atoms with Crippen LogP contribution in [0.5, 0.6) is 11.5 Å². The average molecular weight is 1190 g/mol. The molecule has 0 radical (unpaired) electrons. The lowest BCUT2D eigenvalue weighted by atomic mass is 10.2. The smallest absolute Gasteiger partial charge is 0.316 e. The molecule has 0 unspecified atom stereocenters. The van der Waals surface area contributed by atoms with Crippen LogP contribution in [-0.2, 0) is 41.1 Å². The lowest BCUT2D eigenvalue weighted by molar-refractivity contribution is -0.116. The molecule has 81 heavy (non-hydrogen) atoms. The maximum atomic E-state index is 13.6. The van der Waals surface area contributed by atoms with Crippen LogP contribution >= 0.6 is 23.2 Å². The van der Waals surface area contributed by atoms with Gasteiger partial charge in [-0.05, 0) is 97.5 Å². The molecule has 2 saturated carbocycles. The van der Waals surface area contributed by atoms with E-state index in [-0.39, 0.29) is 82.9 Å². The van der Waals surface area contributed by atoms with Crippen molar-refractivity contribution in [2.75, 3.05) is 92.6 Å². The molecule has 2 saturated heterocycles. The molecule has 10 rings (SSSR count). The Labute approximate surface area is 481 Å². The summed E-state index contributed by atoms with van der Waals surface area (Å²) < 4.78 is 70.6. The number of halogens is 2. The molecule has 4 aromatic carbocycles. The molecule has 1 N–H and O–H groups in total. The molecule has 430 valence electrons. The van der Waals surface area contributed by atoms with E-state index in [1.807, 2.05) is 9.80 Å². The van der Waals surface area contributed by atoms with E-state index in [4.69, 9.17) is 32.7 Å². The number of rotatable bonds is 18. The first kappa shape index (κ1) is 58.8. The first-order valence-corrected chi connectivity index (χ1v) is 30.6. The van der Waals surface area contributed by atoms with E-state index in [0.29, 0.717) is 94.7 Å². The number of sulfonamides is 2. The van der Waals surface area contributed by atoms with Crippen molar-refractivity contribution < 1.29 is 35.9 Å². The van der Waals surface area contributed by atoms with Gasteiger partial charge in [-0.3, -0.25) is 19.2 Å². The number of nitrogens with one attached hydrogen (secondary N) is 1. The van der Waals surface area contributed by atoms with Gasteiger partial charge in [-0.15, -0.1) is 0 Å². The van der Waals surface area contributed by atoms with Crippen molar-refractivity contribution >= 4 is 77.8 Å². The summed E-state index contributed by atoms with van der Waals surface area (Å²) in [5, 5.41) is 12.5. The molecule has 24 heteroatoms. The van der Waals surface area contributed by atoms with Crippen molar-refractivity contribution in [3.8, 4) is 22.9 Å². The fourth-order valence-electron chi connectivity index (χ4n) is 9.28. The van der Waals surface area contributed by atoms with Crippen LogP contribution in [-0.4, -0.2) is 129 Å². The molecule has 6 aromatic rings. The zero-order valence-corrected chi connectivity index (χ0v) is 49.0. The van der Waals surface area contributed by atoms with E-state index in [9.17, 15) is 36.0 Å². The number of aromatic nitrogens is 4. The molecule has 0 atom stereocenters. The Morgan fingerprint density at radius 1 is 0.605 bits per heavy atom. The number of benzene rings is 4. The maximum Gasteiger partial charge on any atom is 0.316 e. The Kier molecular flexibility index (Phi) is 17.7. The molecule has 0 bridgehead atoms. The highest BCUT2D eigenvalue weighted by molar-refractivity contribution is 7.88. The van der Waals surface area contributed by atoms with E-state index < -0.39 is 20.0 Å². The summed E-state index contributed by atoms with van der Waals surface area (Å²) in [5.74, 6) is -0.154. The van der Waals surface area contributed by atoms with Gasteiger partial charge in [0.25, 0.3) is 0 Å². The normalized spacial score (nSPS) is 16.9. The van der Waals surface area contributed by atoms with E-state index >= 15 is 0 Å². The molecule has 2 aromatic heterocycles. The summed E-state index contributed by atoms with van der Waals surface area (Å²) >= 11 is 12.3. The quantitative estimate of drug-likeness (QED) is 0.0889. The van der Waals surface area contributed by atoms with Gasteiger partial charge in [-0.2, -0.15) is 28.2 Å². The fourth-order valence-corrected chi connectivity index (χ4v) is 12.7. The number of hydrogen-bond acceptors (Lipinski definition) is 14. The predicted octanol–water partition coefficient (Wildman–Crippen LogP) is 7.37. The number of carbonyl (C=O) groups is 2. The summed E-state index contributed by atoms with van der Waals surface area (Å²) in [6.07, 6.45) is 7.39.